The van der Waals surface area contributed by atoms with Gasteiger partial charge in [-0.05, 0) is 59.9 Å². The molecule has 0 radical (unpaired) electrons. The van der Waals surface area contributed by atoms with Gasteiger partial charge in [-0.3, -0.25) is 14.5 Å². The second kappa shape index (κ2) is 11.3. The SMILES string of the molecule is CCc1ccc(C2/C(=C(\O)c3ccc4c(c3)CC(C)O4)C(=O)C(=O)N2c2nnc(SCc3ccccc3Cl)s2)cc1. The van der Waals surface area contributed by atoms with Crippen LogP contribution in [0, 0.1) is 0 Å². The predicted molar refractivity (Wildman–Crippen MR) is 162 cm³/mol. The Hall–Kier alpha value is -3.66. The highest BCUT2D eigenvalue weighted by atomic mass is 35.5. The molecule has 0 spiro atoms. The zero-order valence-corrected chi connectivity index (χ0v) is 24.7. The summed E-state index contributed by atoms with van der Waals surface area (Å²) < 4.78 is 6.43. The Kier molecular flexibility index (Phi) is 7.59. The van der Waals surface area contributed by atoms with E-state index in [0.717, 1.165) is 28.9 Å². The zero-order valence-electron chi connectivity index (χ0n) is 22.3. The van der Waals surface area contributed by atoms with Gasteiger partial charge in [-0.15, -0.1) is 10.2 Å². The van der Waals surface area contributed by atoms with Crippen molar-refractivity contribution in [2.24, 2.45) is 0 Å². The Morgan fingerprint density at radius 2 is 1.90 bits per heavy atom. The number of halogens is 1. The number of anilines is 1. The fourth-order valence-electron chi connectivity index (χ4n) is 5.12. The van der Waals surface area contributed by atoms with Gasteiger partial charge < -0.3 is 9.84 Å². The third kappa shape index (κ3) is 5.25. The van der Waals surface area contributed by atoms with Gasteiger partial charge in [0.05, 0.1) is 11.6 Å². The van der Waals surface area contributed by atoms with E-state index >= 15 is 0 Å². The number of benzene rings is 3. The minimum atomic E-state index is -0.862. The maximum absolute atomic E-state index is 13.6. The van der Waals surface area contributed by atoms with Crippen molar-refractivity contribution in [3.05, 3.63) is 105 Å². The molecule has 1 N–H and O–H groups in total. The molecule has 2 unspecified atom stereocenters. The number of nitrogens with zero attached hydrogens (tertiary/aromatic N) is 3. The fourth-order valence-corrected chi connectivity index (χ4v) is 7.27. The van der Waals surface area contributed by atoms with E-state index in [2.05, 4.69) is 17.1 Å². The van der Waals surface area contributed by atoms with Gasteiger partial charge in [0.15, 0.2) is 4.34 Å². The summed E-state index contributed by atoms with van der Waals surface area (Å²) in [5.41, 5.74) is 4.20. The number of ether oxygens (including phenoxy) is 1. The van der Waals surface area contributed by atoms with Gasteiger partial charge in [-0.25, -0.2) is 0 Å². The Bertz CT molecular complexity index is 1680. The molecule has 3 heterocycles. The van der Waals surface area contributed by atoms with Crippen molar-refractivity contribution < 1.29 is 19.4 Å². The monoisotopic (exact) mass is 603 g/mol. The number of Topliss-reactive ketones (excluding diaryl/α,β-unsaturated/α-hetero) is 1. The molecule has 0 saturated carbocycles. The van der Waals surface area contributed by atoms with Crippen LogP contribution in [0.25, 0.3) is 5.76 Å². The third-order valence-electron chi connectivity index (χ3n) is 7.23. The number of aliphatic hydroxyl groups excluding tert-OH is 1. The quantitative estimate of drug-likeness (QED) is 0.0799. The van der Waals surface area contributed by atoms with E-state index in [-0.39, 0.29) is 22.6 Å². The molecule has 208 valence electrons. The number of rotatable bonds is 7. The van der Waals surface area contributed by atoms with Crippen LogP contribution in [-0.2, 0) is 28.2 Å². The molecule has 7 nitrogen and oxygen atoms in total. The number of fused-ring (bicyclic) bond motifs is 1. The van der Waals surface area contributed by atoms with Crippen LogP contribution in [0.4, 0.5) is 5.13 Å². The molecule has 2 aliphatic heterocycles. The summed E-state index contributed by atoms with van der Waals surface area (Å²) in [6.45, 7) is 4.04. The summed E-state index contributed by atoms with van der Waals surface area (Å²) >= 11 is 8.98. The predicted octanol–water partition coefficient (Wildman–Crippen LogP) is 7.00. The number of aromatic nitrogens is 2. The van der Waals surface area contributed by atoms with Gasteiger partial charge in [-0.1, -0.05) is 84.1 Å². The number of carbonyl (C=O) groups is 2. The minimum Gasteiger partial charge on any atom is -0.507 e. The Balaban J connectivity index is 1.39. The number of aryl methyl sites for hydroxylation is 1. The third-order valence-corrected chi connectivity index (χ3v) is 9.70. The van der Waals surface area contributed by atoms with E-state index in [1.807, 2.05) is 61.5 Å². The molecule has 3 aromatic carbocycles. The standard InChI is InChI=1S/C31H26ClN3O4S2/c1-3-18-8-10-19(11-9-18)26-25(27(36)20-12-13-24-22(15-20)14-17(2)39-24)28(37)29(38)35(26)30-33-34-31(41-30)40-16-21-6-4-5-7-23(21)32/h4-13,15,17,26,36H,3,14,16H2,1-2H3/b27-25+. The molecular weight excluding hydrogens is 578 g/mol. The molecule has 1 amide bonds. The van der Waals surface area contributed by atoms with Crippen LogP contribution in [-0.4, -0.2) is 33.1 Å². The number of carbonyl (C=O) groups excluding carboxylic acids is 2. The maximum atomic E-state index is 13.6. The van der Waals surface area contributed by atoms with Gasteiger partial charge in [0.2, 0.25) is 5.13 Å². The molecule has 4 aromatic rings. The first-order valence-electron chi connectivity index (χ1n) is 13.2. The van der Waals surface area contributed by atoms with E-state index in [1.54, 1.807) is 12.1 Å². The summed E-state index contributed by atoms with van der Waals surface area (Å²) in [5.74, 6) is -0.409. The van der Waals surface area contributed by atoms with Crippen molar-refractivity contribution in [3.8, 4) is 5.75 Å². The Morgan fingerprint density at radius 3 is 2.66 bits per heavy atom. The van der Waals surface area contributed by atoms with Crippen LogP contribution < -0.4 is 9.64 Å². The summed E-state index contributed by atoms with van der Waals surface area (Å²) in [5, 5.41) is 21.1. The maximum Gasteiger partial charge on any atom is 0.301 e. The van der Waals surface area contributed by atoms with Crippen molar-refractivity contribution in [3.63, 3.8) is 0 Å². The van der Waals surface area contributed by atoms with E-state index < -0.39 is 17.7 Å². The average molecular weight is 604 g/mol. The number of amides is 1. The van der Waals surface area contributed by atoms with Gasteiger partial charge in [0.25, 0.3) is 5.78 Å². The number of ketones is 1. The largest absolute Gasteiger partial charge is 0.507 e. The molecule has 0 aliphatic carbocycles. The topological polar surface area (TPSA) is 92.6 Å². The minimum absolute atomic E-state index is 0.0200. The van der Waals surface area contributed by atoms with Crippen LogP contribution >= 0.6 is 34.7 Å². The van der Waals surface area contributed by atoms with E-state index in [1.165, 1.54) is 28.0 Å². The van der Waals surface area contributed by atoms with Crippen molar-refractivity contribution in [2.45, 2.75) is 48.9 Å². The normalized spacial score (nSPS) is 19.4. The van der Waals surface area contributed by atoms with E-state index in [0.29, 0.717) is 32.7 Å². The van der Waals surface area contributed by atoms with E-state index in [9.17, 15) is 14.7 Å². The lowest BCUT2D eigenvalue weighted by molar-refractivity contribution is -0.132. The fraction of sp³-hybridized carbons (Fsp3) is 0.226. The van der Waals surface area contributed by atoms with Crippen LogP contribution in [0.15, 0.2) is 76.6 Å². The smallest absolute Gasteiger partial charge is 0.301 e. The molecule has 2 atom stereocenters. The highest BCUT2D eigenvalue weighted by Gasteiger charge is 2.48. The van der Waals surface area contributed by atoms with Crippen molar-refractivity contribution in [2.75, 3.05) is 4.90 Å². The van der Waals surface area contributed by atoms with Gasteiger partial charge in [0.1, 0.15) is 17.6 Å². The molecule has 10 heteroatoms. The first-order valence-corrected chi connectivity index (χ1v) is 15.4. The van der Waals surface area contributed by atoms with Gasteiger partial charge in [-0.2, -0.15) is 0 Å². The molecule has 0 bridgehead atoms. The highest BCUT2D eigenvalue weighted by Crippen LogP contribution is 2.44. The zero-order chi connectivity index (χ0) is 28.7. The van der Waals surface area contributed by atoms with Crippen molar-refractivity contribution in [1.29, 1.82) is 0 Å². The number of hydrogen-bond acceptors (Lipinski definition) is 8. The Labute approximate surface area is 250 Å². The van der Waals surface area contributed by atoms with E-state index in [4.69, 9.17) is 16.3 Å². The molecule has 1 saturated heterocycles. The average Bonchev–Trinajstić information content (AvgIpc) is 3.67. The number of aliphatic hydroxyl groups is 1. The highest BCUT2D eigenvalue weighted by molar-refractivity contribution is 8.00. The lowest BCUT2D eigenvalue weighted by Gasteiger charge is -2.22. The Morgan fingerprint density at radius 1 is 1.12 bits per heavy atom. The van der Waals surface area contributed by atoms with Crippen LogP contribution in [0.2, 0.25) is 5.02 Å². The first kappa shape index (κ1) is 27.5. The van der Waals surface area contributed by atoms with Crippen molar-refractivity contribution in [1.82, 2.24) is 10.2 Å². The summed E-state index contributed by atoms with van der Waals surface area (Å²) in [7, 11) is 0. The van der Waals surface area contributed by atoms with Crippen LogP contribution in [0.5, 0.6) is 5.75 Å². The molecule has 1 fully saturated rings. The molecule has 41 heavy (non-hydrogen) atoms. The second-order valence-corrected chi connectivity index (χ2v) is 12.5. The number of thioether (sulfide) groups is 1. The van der Waals surface area contributed by atoms with Crippen molar-refractivity contribution >= 4 is 57.3 Å². The molecule has 1 aromatic heterocycles. The summed E-state index contributed by atoms with van der Waals surface area (Å²) in [6, 6.07) is 19.8. The lowest BCUT2D eigenvalue weighted by Crippen LogP contribution is -2.29. The van der Waals surface area contributed by atoms with Crippen LogP contribution in [0.3, 0.4) is 0 Å². The summed E-state index contributed by atoms with van der Waals surface area (Å²) in [6.07, 6.45) is 1.58. The molecular formula is C31H26ClN3O4S2. The number of hydrogen-bond donors (Lipinski definition) is 1. The van der Waals surface area contributed by atoms with Crippen LogP contribution in [0.1, 0.15) is 47.7 Å². The molecule has 2 aliphatic rings. The van der Waals surface area contributed by atoms with Gasteiger partial charge in [0, 0.05) is 22.8 Å². The van der Waals surface area contributed by atoms with Gasteiger partial charge >= 0.3 is 5.91 Å². The first-order chi connectivity index (χ1) is 19.8. The molecule has 6 rings (SSSR count). The second-order valence-electron chi connectivity index (χ2n) is 9.95. The lowest BCUT2D eigenvalue weighted by atomic mass is 9.94. The summed E-state index contributed by atoms with van der Waals surface area (Å²) in [4.78, 5) is 28.5.